The Kier molecular flexibility index (Phi) is 7.53. The molecule has 6 nitrogen and oxygen atoms in total. The molecule has 1 heterocycles. The van der Waals surface area contributed by atoms with Crippen LogP contribution in [0.4, 0.5) is 49.6 Å². The van der Waals surface area contributed by atoms with Crippen molar-refractivity contribution in [3.8, 4) is 0 Å². The third-order valence-corrected chi connectivity index (χ3v) is 5.73. The summed E-state index contributed by atoms with van der Waals surface area (Å²) < 4.78 is 135. The number of amides is 2. The normalized spacial score (nSPS) is 15.8. The van der Waals surface area contributed by atoms with Gasteiger partial charge in [0.15, 0.2) is 5.76 Å². The lowest BCUT2D eigenvalue weighted by atomic mass is 9.93. The quantitative estimate of drug-likeness (QED) is 0.312. The number of nitrogens with zero attached hydrogens (tertiary/aromatic N) is 1. The second-order valence-electron chi connectivity index (χ2n) is 8.00. The summed E-state index contributed by atoms with van der Waals surface area (Å²) in [5, 5.41) is 5.15. The lowest BCUT2D eigenvalue weighted by Gasteiger charge is -2.26. The molecule has 0 saturated carbocycles. The number of hydrogen-bond acceptors (Lipinski definition) is 4. The number of rotatable bonds is 5. The number of alkyl halides is 10. The molecule has 0 saturated heterocycles. The molecule has 17 heteroatoms. The molecule has 3 rings (SSSR count). The zero-order valence-electron chi connectivity index (χ0n) is 18.7. The molecule has 0 radical (unpaired) electrons. The highest BCUT2D eigenvalue weighted by molar-refractivity contribution is 6.34. The van der Waals surface area contributed by atoms with Crippen molar-refractivity contribution in [1.29, 1.82) is 0 Å². The molecule has 2 N–H and O–H groups in total. The number of halogens is 11. The molecule has 1 aromatic carbocycles. The van der Waals surface area contributed by atoms with Gasteiger partial charge in [-0.3, -0.25) is 9.59 Å². The molecule has 0 spiro atoms. The van der Waals surface area contributed by atoms with Gasteiger partial charge >= 0.3 is 30.1 Å². The van der Waals surface area contributed by atoms with Crippen LogP contribution in [0.3, 0.4) is 0 Å². The van der Waals surface area contributed by atoms with E-state index in [1.165, 1.54) is 6.92 Å². The molecule has 0 atom stereocenters. The maximum atomic E-state index is 13.6. The minimum Gasteiger partial charge on any atom is -0.455 e. The smallest absolute Gasteiger partial charge is 0.455 e. The average Bonchev–Trinajstić information content (AvgIpc) is 3.14. The molecule has 38 heavy (non-hydrogen) atoms. The summed E-state index contributed by atoms with van der Waals surface area (Å²) in [7, 11) is 0. The van der Waals surface area contributed by atoms with Crippen molar-refractivity contribution in [3.63, 3.8) is 0 Å². The fourth-order valence-corrected chi connectivity index (χ4v) is 3.65. The number of furan rings is 1. The Labute approximate surface area is 211 Å². The molecule has 0 fully saturated rings. The van der Waals surface area contributed by atoms with Crippen molar-refractivity contribution in [1.82, 2.24) is 5.43 Å². The SMILES string of the molecule is Cc1c(C(=O)Nc2cc(C(F)(F)F)ccc2Cl)oc2c1/C(=N/NC(=O)C(F)(F)C(F)(F)C(F)(F)F)CCC2. The van der Waals surface area contributed by atoms with E-state index < -0.39 is 53.0 Å². The van der Waals surface area contributed by atoms with Crippen LogP contribution in [0.2, 0.25) is 5.02 Å². The third kappa shape index (κ3) is 5.31. The fourth-order valence-electron chi connectivity index (χ4n) is 3.48. The number of hydrazone groups is 1. The lowest BCUT2D eigenvalue weighted by molar-refractivity contribution is -0.344. The highest BCUT2D eigenvalue weighted by atomic mass is 35.5. The number of aryl methyl sites for hydroxylation is 1. The van der Waals surface area contributed by atoms with Gasteiger partial charge in [-0.1, -0.05) is 11.6 Å². The topological polar surface area (TPSA) is 83.7 Å². The van der Waals surface area contributed by atoms with E-state index in [1.807, 2.05) is 0 Å². The van der Waals surface area contributed by atoms with Gasteiger partial charge in [-0.05, 0) is 38.0 Å². The standard InChI is InChI=1S/C21H14ClF10N3O3/c1-8-14-11(34-35-17(37)18(23,24)20(28,29)21(30,31)32)3-2-4-13(14)38-15(8)16(36)33-12-7-9(19(25,26)27)5-6-10(12)22/h5-7H,2-4H2,1H3,(H,33,36)(H,35,37)/b34-11+. The first-order valence-corrected chi connectivity index (χ1v) is 10.7. The van der Waals surface area contributed by atoms with Gasteiger partial charge in [-0.15, -0.1) is 0 Å². The van der Waals surface area contributed by atoms with E-state index >= 15 is 0 Å². The number of carbonyl (C=O) groups excluding carboxylic acids is 2. The lowest BCUT2D eigenvalue weighted by Crippen LogP contribution is -2.58. The highest BCUT2D eigenvalue weighted by Crippen LogP contribution is 2.46. The van der Waals surface area contributed by atoms with Crippen LogP contribution < -0.4 is 10.7 Å². The zero-order valence-corrected chi connectivity index (χ0v) is 19.4. The zero-order chi connectivity index (χ0) is 28.8. The molecule has 0 unspecified atom stereocenters. The third-order valence-electron chi connectivity index (χ3n) is 5.40. The van der Waals surface area contributed by atoms with Crippen LogP contribution in [0, 0.1) is 6.92 Å². The van der Waals surface area contributed by atoms with Crippen LogP contribution in [-0.4, -0.2) is 35.5 Å². The monoisotopic (exact) mass is 581 g/mol. The van der Waals surface area contributed by atoms with Gasteiger partial charge in [0.1, 0.15) is 5.76 Å². The molecule has 1 aliphatic carbocycles. The van der Waals surface area contributed by atoms with Crippen molar-refractivity contribution >= 4 is 34.8 Å². The molecule has 0 bridgehead atoms. The summed E-state index contributed by atoms with van der Waals surface area (Å²) in [6.45, 7) is 1.26. The summed E-state index contributed by atoms with van der Waals surface area (Å²) in [6, 6.07) is 2.14. The van der Waals surface area contributed by atoms with Gasteiger partial charge in [0.25, 0.3) is 5.91 Å². The van der Waals surface area contributed by atoms with E-state index in [2.05, 4.69) is 10.4 Å². The van der Waals surface area contributed by atoms with E-state index in [0.29, 0.717) is 12.1 Å². The Balaban J connectivity index is 1.88. The Bertz CT molecular complexity index is 1300. The van der Waals surface area contributed by atoms with Gasteiger partial charge in [0, 0.05) is 17.5 Å². The number of hydrogen-bond donors (Lipinski definition) is 2. The first-order chi connectivity index (χ1) is 17.3. The Hall–Kier alpha value is -3.30. The second kappa shape index (κ2) is 9.78. The predicted octanol–water partition coefficient (Wildman–Crippen LogP) is 6.50. The first-order valence-electron chi connectivity index (χ1n) is 10.3. The molecule has 1 aliphatic rings. The van der Waals surface area contributed by atoms with Gasteiger partial charge in [-0.25, -0.2) is 5.43 Å². The molecular formula is C21H14ClF10N3O3. The van der Waals surface area contributed by atoms with Crippen LogP contribution in [-0.2, 0) is 17.4 Å². The summed E-state index contributed by atoms with van der Waals surface area (Å²) >= 11 is 5.85. The minimum atomic E-state index is -6.73. The molecule has 2 amide bonds. The van der Waals surface area contributed by atoms with Gasteiger partial charge in [0.05, 0.1) is 22.0 Å². The van der Waals surface area contributed by atoms with Crippen LogP contribution in [0.5, 0.6) is 0 Å². The van der Waals surface area contributed by atoms with E-state index in [4.69, 9.17) is 16.0 Å². The van der Waals surface area contributed by atoms with Crippen molar-refractivity contribution in [2.45, 2.75) is 50.4 Å². The average molecular weight is 582 g/mol. The summed E-state index contributed by atoms with van der Waals surface area (Å²) in [5.74, 6) is -17.4. The minimum absolute atomic E-state index is 0.0226. The Morgan fingerprint density at radius 1 is 1.00 bits per heavy atom. The molecule has 208 valence electrons. The number of anilines is 1. The van der Waals surface area contributed by atoms with Gasteiger partial charge < -0.3 is 9.73 Å². The number of nitrogens with one attached hydrogen (secondary N) is 2. The highest BCUT2D eigenvalue weighted by Gasteiger charge is 2.76. The number of carbonyl (C=O) groups is 2. The van der Waals surface area contributed by atoms with Gasteiger partial charge in [0.2, 0.25) is 0 Å². The number of benzene rings is 1. The largest absolute Gasteiger partial charge is 0.460 e. The molecule has 0 aliphatic heterocycles. The summed E-state index contributed by atoms with van der Waals surface area (Å²) in [6.07, 6.45) is -11.2. The van der Waals surface area contributed by atoms with Crippen molar-refractivity contribution in [2.75, 3.05) is 5.32 Å². The second-order valence-corrected chi connectivity index (χ2v) is 8.41. The van der Waals surface area contributed by atoms with Crippen molar-refractivity contribution in [3.05, 3.63) is 51.4 Å². The molecular weight excluding hydrogens is 568 g/mol. The Morgan fingerprint density at radius 2 is 1.63 bits per heavy atom. The van der Waals surface area contributed by atoms with Crippen molar-refractivity contribution < 1.29 is 57.9 Å². The first kappa shape index (κ1) is 29.3. The summed E-state index contributed by atoms with van der Waals surface area (Å²) in [4.78, 5) is 24.2. The predicted molar refractivity (Wildman–Crippen MR) is 111 cm³/mol. The van der Waals surface area contributed by atoms with E-state index in [0.717, 1.165) is 11.5 Å². The van der Waals surface area contributed by atoms with Crippen molar-refractivity contribution in [2.24, 2.45) is 5.10 Å². The van der Waals surface area contributed by atoms with E-state index in [9.17, 15) is 53.5 Å². The van der Waals surface area contributed by atoms with Gasteiger partial charge in [-0.2, -0.15) is 49.0 Å². The number of fused-ring (bicyclic) bond motifs is 1. The maximum absolute atomic E-state index is 13.6. The van der Waals surface area contributed by atoms with Crippen LogP contribution in [0.25, 0.3) is 0 Å². The maximum Gasteiger partial charge on any atom is 0.460 e. The van der Waals surface area contributed by atoms with E-state index in [-0.39, 0.29) is 46.9 Å². The molecule has 1 aromatic heterocycles. The van der Waals surface area contributed by atoms with Crippen LogP contribution in [0.1, 0.15) is 45.8 Å². The van der Waals surface area contributed by atoms with Crippen LogP contribution in [0.15, 0.2) is 27.7 Å². The molecule has 2 aromatic rings. The summed E-state index contributed by atoms with van der Waals surface area (Å²) in [5.41, 5.74) is -0.871. The Morgan fingerprint density at radius 3 is 2.21 bits per heavy atom. The van der Waals surface area contributed by atoms with E-state index in [1.54, 1.807) is 0 Å². The fraction of sp³-hybridized carbons (Fsp3) is 0.381. The van der Waals surface area contributed by atoms with Crippen LogP contribution >= 0.6 is 11.6 Å².